The fourth-order valence-corrected chi connectivity index (χ4v) is 3.53. The van der Waals surface area contributed by atoms with E-state index in [1.807, 2.05) is 16.8 Å². The Morgan fingerprint density at radius 1 is 1.32 bits per heavy atom. The van der Waals surface area contributed by atoms with Gasteiger partial charge in [0.1, 0.15) is 4.88 Å². The second-order valence-electron chi connectivity index (χ2n) is 5.53. The fraction of sp³-hybridized carbons (Fsp3) is 0.250. The van der Waals surface area contributed by atoms with Gasteiger partial charge in [0, 0.05) is 11.3 Å². The summed E-state index contributed by atoms with van der Waals surface area (Å²) in [5.41, 5.74) is 0.837. The highest BCUT2D eigenvalue weighted by Gasteiger charge is 2.30. The van der Waals surface area contributed by atoms with Crippen LogP contribution in [0.15, 0.2) is 33.5 Å². The minimum absolute atomic E-state index is 0.00882. The summed E-state index contributed by atoms with van der Waals surface area (Å²) in [4.78, 5) is 28.4. The van der Waals surface area contributed by atoms with Gasteiger partial charge < -0.3 is 14.6 Å². The standard InChI is InChI=1S/C16H13N3O4S2/c20-14(9-1-2-9)18-13-4-3-11(25-13)16(21)22-7-12-17-15(23-19-12)10-5-6-24-8-10/h3-6,8-9H,1-2,7H2,(H,18,20). The molecule has 128 valence electrons. The number of esters is 1. The van der Waals surface area contributed by atoms with E-state index in [1.54, 1.807) is 12.1 Å². The molecule has 1 fully saturated rings. The Morgan fingerprint density at radius 2 is 2.20 bits per heavy atom. The fourth-order valence-electron chi connectivity index (χ4n) is 2.10. The minimum Gasteiger partial charge on any atom is -0.453 e. The predicted molar refractivity (Wildman–Crippen MR) is 92.4 cm³/mol. The molecule has 0 saturated heterocycles. The average Bonchev–Trinajstić information content (AvgIpc) is 3.04. The van der Waals surface area contributed by atoms with Gasteiger partial charge in [-0.25, -0.2) is 4.79 Å². The van der Waals surface area contributed by atoms with Crippen molar-refractivity contribution < 1.29 is 18.8 Å². The van der Waals surface area contributed by atoms with E-state index in [1.165, 1.54) is 22.7 Å². The van der Waals surface area contributed by atoms with Crippen LogP contribution < -0.4 is 5.32 Å². The molecule has 0 radical (unpaired) electrons. The van der Waals surface area contributed by atoms with Crippen molar-refractivity contribution in [3.8, 4) is 11.5 Å². The molecule has 0 aromatic carbocycles. The first-order valence-corrected chi connectivity index (χ1v) is 9.38. The Labute approximate surface area is 150 Å². The van der Waals surface area contributed by atoms with Gasteiger partial charge in [0.15, 0.2) is 6.61 Å². The van der Waals surface area contributed by atoms with Crippen molar-refractivity contribution in [2.24, 2.45) is 5.92 Å². The molecule has 1 saturated carbocycles. The van der Waals surface area contributed by atoms with Crippen LogP contribution in [0.25, 0.3) is 11.5 Å². The van der Waals surface area contributed by atoms with E-state index in [9.17, 15) is 9.59 Å². The Hall–Kier alpha value is -2.52. The number of amides is 1. The Morgan fingerprint density at radius 3 is 2.96 bits per heavy atom. The van der Waals surface area contributed by atoms with Crippen LogP contribution in [-0.4, -0.2) is 22.0 Å². The average molecular weight is 375 g/mol. The molecule has 0 aliphatic heterocycles. The van der Waals surface area contributed by atoms with Gasteiger partial charge in [-0.3, -0.25) is 4.79 Å². The van der Waals surface area contributed by atoms with E-state index in [4.69, 9.17) is 9.26 Å². The number of thiophene rings is 2. The maximum Gasteiger partial charge on any atom is 0.348 e. The number of ether oxygens (including phenoxy) is 1. The molecule has 3 heterocycles. The van der Waals surface area contributed by atoms with Gasteiger partial charge in [0.25, 0.3) is 5.89 Å². The molecule has 1 N–H and O–H groups in total. The number of hydrogen-bond acceptors (Lipinski definition) is 8. The summed E-state index contributed by atoms with van der Waals surface area (Å²) in [6, 6.07) is 5.20. The van der Waals surface area contributed by atoms with E-state index in [0.29, 0.717) is 21.6 Å². The van der Waals surface area contributed by atoms with Crippen molar-refractivity contribution in [3.05, 3.63) is 39.7 Å². The van der Waals surface area contributed by atoms with Crippen LogP contribution in [-0.2, 0) is 16.1 Å². The van der Waals surface area contributed by atoms with Gasteiger partial charge in [0.2, 0.25) is 11.7 Å². The third kappa shape index (κ3) is 3.77. The molecule has 0 atom stereocenters. The smallest absolute Gasteiger partial charge is 0.348 e. The van der Waals surface area contributed by atoms with Gasteiger partial charge in [-0.05, 0) is 36.4 Å². The van der Waals surface area contributed by atoms with Crippen molar-refractivity contribution in [3.63, 3.8) is 0 Å². The van der Waals surface area contributed by atoms with E-state index >= 15 is 0 Å². The highest BCUT2D eigenvalue weighted by Crippen LogP contribution is 2.31. The molecule has 3 aromatic heterocycles. The number of aromatic nitrogens is 2. The van der Waals surface area contributed by atoms with Gasteiger partial charge in [-0.1, -0.05) is 5.16 Å². The van der Waals surface area contributed by atoms with Gasteiger partial charge in [-0.15, -0.1) is 11.3 Å². The second-order valence-corrected chi connectivity index (χ2v) is 7.40. The summed E-state index contributed by atoms with van der Waals surface area (Å²) >= 11 is 2.71. The normalized spacial score (nSPS) is 13.6. The van der Waals surface area contributed by atoms with Gasteiger partial charge in [-0.2, -0.15) is 16.3 Å². The Kier molecular flexibility index (Phi) is 4.33. The molecule has 1 aliphatic rings. The van der Waals surface area contributed by atoms with Crippen LogP contribution in [0.4, 0.5) is 5.00 Å². The highest BCUT2D eigenvalue weighted by atomic mass is 32.1. The zero-order valence-corrected chi connectivity index (χ0v) is 14.6. The molecule has 9 heteroatoms. The maximum atomic E-state index is 12.1. The first-order chi connectivity index (χ1) is 12.2. The molecular weight excluding hydrogens is 362 g/mol. The van der Waals surface area contributed by atoms with Crippen LogP contribution in [0, 0.1) is 5.92 Å². The number of carbonyl (C=O) groups excluding carboxylic acids is 2. The summed E-state index contributed by atoms with van der Waals surface area (Å²) in [6.07, 6.45) is 1.87. The number of rotatable bonds is 6. The van der Waals surface area contributed by atoms with Crippen molar-refractivity contribution in [2.45, 2.75) is 19.4 Å². The molecule has 1 amide bonds. The lowest BCUT2D eigenvalue weighted by Gasteiger charge is -2.00. The lowest BCUT2D eigenvalue weighted by atomic mass is 10.3. The summed E-state index contributed by atoms with van der Waals surface area (Å²) in [5, 5.41) is 11.1. The van der Waals surface area contributed by atoms with Gasteiger partial charge >= 0.3 is 5.97 Å². The van der Waals surface area contributed by atoms with Crippen molar-refractivity contribution in [1.82, 2.24) is 10.1 Å². The first-order valence-electron chi connectivity index (χ1n) is 7.62. The van der Waals surface area contributed by atoms with Crippen LogP contribution in [0.5, 0.6) is 0 Å². The number of anilines is 1. The quantitative estimate of drug-likeness (QED) is 0.662. The van der Waals surface area contributed by atoms with E-state index in [-0.39, 0.29) is 18.4 Å². The Balaban J connectivity index is 1.33. The molecule has 3 aromatic rings. The van der Waals surface area contributed by atoms with Crippen molar-refractivity contribution in [2.75, 3.05) is 5.32 Å². The predicted octanol–water partition coefficient (Wildman–Crippen LogP) is 3.57. The molecule has 25 heavy (non-hydrogen) atoms. The molecular formula is C16H13N3O4S2. The Bertz CT molecular complexity index is 896. The second kappa shape index (κ2) is 6.77. The highest BCUT2D eigenvalue weighted by molar-refractivity contribution is 7.18. The number of carbonyl (C=O) groups is 2. The molecule has 0 spiro atoms. The molecule has 1 aliphatic carbocycles. The van der Waals surface area contributed by atoms with Crippen LogP contribution in [0.2, 0.25) is 0 Å². The molecule has 4 rings (SSSR count). The van der Waals surface area contributed by atoms with Crippen molar-refractivity contribution >= 4 is 39.6 Å². The number of nitrogens with one attached hydrogen (secondary N) is 1. The van der Waals surface area contributed by atoms with Crippen molar-refractivity contribution in [1.29, 1.82) is 0 Å². The minimum atomic E-state index is -0.487. The van der Waals surface area contributed by atoms with Gasteiger partial charge in [0.05, 0.1) is 10.6 Å². The third-order valence-electron chi connectivity index (χ3n) is 3.57. The zero-order valence-electron chi connectivity index (χ0n) is 12.9. The largest absolute Gasteiger partial charge is 0.453 e. The summed E-state index contributed by atoms with van der Waals surface area (Å²) in [5.74, 6) is 0.336. The lowest BCUT2D eigenvalue weighted by Crippen LogP contribution is -2.12. The van der Waals surface area contributed by atoms with Crippen LogP contribution in [0.3, 0.4) is 0 Å². The van der Waals surface area contributed by atoms with E-state index in [0.717, 1.165) is 18.4 Å². The zero-order chi connectivity index (χ0) is 17.2. The van der Waals surface area contributed by atoms with E-state index in [2.05, 4.69) is 15.5 Å². The SMILES string of the molecule is O=C(OCc1noc(-c2ccsc2)n1)c1ccc(NC(=O)C2CC2)s1. The summed E-state index contributed by atoms with van der Waals surface area (Å²) in [7, 11) is 0. The molecule has 0 bridgehead atoms. The summed E-state index contributed by atoms with van der Waals surface area (Å²) < 4.78 is 10.3. The number of nitrogens with zero attached hydrogens (tertiary/aromatic N) is 2. The number of hydrogen-bond donors (Lipinski definition) is 1. The molecule has 0 unspecified atom stereocenters. The monoisotopic (exact) mass is 375 g/mol. The van der Waals surface area contributed by atoms with Crippen LogP contribution >= 0.6 is 22.7 Å². The lowest BCUT2D eigenvalue weighted by molar-refractivity contribution is -0.117. The third-order valence-corrected chi connectivity index (χ3v) is 5.23. The maximum absolute atomic E-state index is 12.1. The van der Waals surface area contributed by atoms with Crippen LogP contribution in [0.1, 0.15) is 28.3 Å². The summed E-state index contributed by atoms with van der Waals surface area (Å²) in [6.45, 7) is -0.0753. The topological polar surface area (TPSA) is 94.3 Å². The molecule has 7 nitrogen and oxygen atoms in total. The van der Waals surface area contributed by atoms with E-state index < -0.39 is 5.97 Å². The first kappa shape index (κ1) is 16.0.